The molecule has 4 nitrogen and oxygen atoms in total. The van der Waals surface area contributed by atoms with Crippen LogP contribution in [0.4, 0.5) is 8.78 Å². The van der Waals surface area contributed by atoms with Crippen molar-refractivity contribution in [2.75, 3.05) is 14.2 Å². The SMILES string of the molecule is COc1cc(C(F)(F)CC(C)(C)C(=O)O)c(OC)cc1Br. The number of benzene rings is 1. The van der Waals surface area contributed by atoms with Crippen molar-refractivity contribution >= 4 is 21.9 Å². The predicted molar refractivity (Wildman–Crippen MR) is 77.2 cm³/mol. The summed E-state index contributed by atoms with van der Waals surface area (Å²) in [5, 5.41) is 9.03. The van der Waals surface area contributed by atoms with Gasteiger partial charge in [-0.05, 0) is 41.9 Å². The highest BCUT2D eigenvalue weighted by Gasteiger charge is 2.44. The van der Waals surface area contributed by atoms with E-state index in [0.717, 1.165) is 6.07 Å². The summed E-state index contributed by atoms with van der Waals surface area (Å²) in [5.41, 5.74) is -1.98. The molecule has 0 amide bonds. The molecule has 0 atom stereocenters. The molecule has 0 heterocycles. The van der Waals surface area contributed by atoms with Gasteiger partial charge in [0.15, 0.2) is 0 Å². The minimum atomic E-state index is -3.37. The van der Waals surface area contributed by atoms with Gasteiger partial charge >= 0.3 is 5.97 Å². The highest BCUT2D eigenvalue weighted by Crippen LogP contribution is 2.46. The molecule has 118 valence electrons. The van der Waals surface area contributed by atoms with Gasteiger partial charge in [-0.3, -0.25) is 4.79 Å². The number of rotatable bonds is 6. The van der Waals surface area contributed by atoms with E-state index < -0.39 is 29.3 Å². The number of aliphatic carboxylic acids is 1. The van der Waals surface area contributed by atoms with Crippen LogP contribution < -0.4 is 9.47 Å². The number of alkyl halides is 2. The van der Waals surface area contributed by atoms with E-state index in [1.54, 1.807) is 0 Å². The molecule has 0 saturated carbocycles. The zero-order chi connectivity index (χ0) is 16.4. The second-order valence-electron chi connectivity index (χ2n) is 5.26. The van der Waals surface area contributed by atoms with Crippen molar-refractivity contribution in [2.45, 2.75) is 26.2 Å². The summed E-state index contributed by atoms with van der Waals surface area (Å²) < 4.78 is 39.4. The fourth-order valence-electron chi connectivity index (χ4n) is 1.87. The summed E-state index contributed by atoms with van der Waals surface area (Å²) in [5.74, 6) is -4.47. The van der Waals surface area contributed by atoms with E-state index in [2.05, 4.69) is 15.9 Å². The Kier molecular flexibility index (Phi) is 5.20. The first-order chi connectivity index (χ1) is 9.55. The van der Waals surface area contributed by atoms with Gasteiger partial charge in [-0.15, -0.1) is 0 Å². The highest BCUT2D eigenvalue weighted by molar-refractivity contribution is 9.10. The maximum absolute atomic E-state index is 14.5. The average Bonchev–Trinajstić information content (AvgIpc) is 2.36. The lowest BCUT2D eigenvalue weighted by Crippen LogP contribution is -2.31. The third-order valence-corrected chi connectivity index (χ3v) is 3.73. The van der Waals surface area contributed by atoms with Crippen LogP contribution in [0.25, 0.3) is 0 Å². The summed E-state index contributed by atoms with van der Waals surface area (Å²) in [6.07, 6.45) is -0.851. The number of carboxylic acid groups (broad SMARTS) is 1. The Balaban J connectivity index is 3.32. The molecule has 0 saturated heterocycles. The van der Waals surface area contributed by atoms with Crippen molar-refractivity contribution in [1.29, 1.82) is 0 Å². The first kappa shape index (κ1) is 17.7. The molecular weight excluding hydrogens is 350 g/mol. The first-order valence-electron chi connectivity index (χ1n) is 6.08. The van der Waals surface area contributed by atoms with E-state index in [1.165, 1.54) is 34.1 Å². The quantitative estimate of drug-likeness (QED) is 0.824. The van der Waals surface area contributed by atoms with Crippen LogP contribution in [-0.4, -0.2) is 25.3 Å². The summed E-state index contributed by atoms with van der Waals surface area (Å²) in [6.45, 7) is 2.51. The number of methoxy groups -OCH3 is 2. The summed E-state index contributed by atoms with van der Waals surface area (Å²) >= 11 is 3.19. The van der Waals surface area contributed by atoms with Crippen molar-refractivity contribution in [2.24, 2.45) is 5.41 Å². The summed E-state index contributed by atoms with van der Waals surface area (Å²) in [6, 6.07) is 2.52. The van der Waals surface area contributed by atoms with Gasteiger partial charge in [0.05, 0.1) is 29.7 Å². The molecule has 1 aromatic rings. The van der Waals surface area contributed by atoms with Gasteiger partial charge in [0.1, 0.15) is 11.5 Å². The Morgan fingerprint density at radius 3 is 2.19 bits per heavy atom. The van der Waals surface area contributed by atoms with Gasteiger partial charge in [-0.25, -0.2) is 8.78 Å². The monoisotopic (exact) mass is 366 g/mol. The topological polar surface area (TPSA) is 55.8 Å². The Labute approximate surface area is 130 Å². The molecule has 1 N–H and O–H groups in total. The van der Waals surface area contributed by atoms with E-state index in [1.807, 2.05) is 0 Å². The molecule has 1 aromatic carbocycles. The van der Waals surface area contributed by atoms with Crippen LogP contribution in [-0.2, 0) is 10.7 Å². The fraction of sp³-hybridized carbons (Fsp3) is 0.500. The molecule has 0 fully saturated rings. The van der Waals surface area contributed by atoms with Gasteiger partial charge in [0, 0.05) is 6.42 Å². The fourth-order valence-corrected chi connectivity index (χ4v) is 2.36. The maximum Gasteiger partial charge on any atom is 0.309 e. The number of ether oxygens (including phenoxy) is 2. The van der Waals surface area contributed by atoms with Crippen molar-refractivity contribution in [3.8, 4) is 11.5 Å². The standard InChI is InChI=1S/C14H17BrF2O4/c1-13(2,12(18)19)7-14(16,17)8-5-11(21-4)9(15)6-10(8)20-3/h5-6H,7H2,1-4H3,(H,18,19). The van der Waals surface area contributed by atoms with Crippen LogP contribution in [0.3, 0.4) is 0 Å². The minimum Gasteiger partial charge on any atom is -0.496 e. The van der Waals surface area contributed by atoms with E-state index >= 15 is 0 Å². The van der Waals surface area contributed by atoms with Crippen LogP contribution in [0.2, 0.25) is 0 Å². The number of hydrogen-bond donors (Lipinski definition) is 1. The second kappa shape index (κ2) is 6.17. The van der Waals surface area contributed by atoms with Gasteiger partial charge in [-0.2, -0.15) is 0 Å². The molecule has 0 aliphatic heterocycles. The lowest BCUT2D eigenvalue weighted by molar-refractivity contribution is -0.153. The highest BCUT2D eigenvalue weighted by atomic mass is 79.9. The largest absolute Gasteiger partial charge is 0.496 e. The zero-order valence-electron chi connectivity index (χ0n) is 12.2. The molecule has 21 heavy (non-hydrogen) atoms. The van der Waals surface area contributed by atoms with Crippen LogP contribution in [0.1, 0.15) is 25.8 Å². The molecule has 0 spiro atoms. The third-order valence-electron chi connectivity index (χ3n) is 3.11. The van der Waals surface area contributed by atoms with Crippen molar-refractivity contribution < 1.29 is 28.2 Å². The van der Waals surface area contributed by atoms with Crippen LogP contribution in [0.15, 0.2) is 16.6 Å². The maximum atomic E-state index is 14.5. The zero-order valence-corrected chi connectivity index (χ0v) is 13.8. The smallest absolute Gasteiger partial charge is 0.309 e. The van der Waals surface area contributed by atoms with Crippen LogP contribution in [0, 0.1) is 5.41 Å². The number of carbonyl (C=O) groups is 1. The molecular formula is C14H17BrF2O4. The van der Waals surface area contributed by atoms with E-state index in [-0.39, 0.29) is 11.5 Å². The molecule has 0 aromatic heterocycles. The lowest BCUT2D eigenvalue weighted by Gasteiger charge is -2.27. The molecule has 7 heteroatoms. The normalized spacial score (nSPS) is 12.1. The van der Waals surface area contributed by atoms with E-state index in [9.17, 15) is 13.6 Å². The minimum absolute atomic E-state index is 0.0335. The summed E-state index contributed by atoms with van der Waals surface area (Å²) in [7, 11) is 2.63. The number of carboxylic acids is 1. The number of halogens is 3. The average molecular weight is 367 g/mol. The van der Waals surface area contributed by atoms with Gasteiger partial charge in [0.2, 0.25) is 0 Å². The van der Waals surface area contributed by atoms with E-state index in [0.29, 0.717) is 4.47 Å². The van der Waals surface area contributed by atoms with Gasteiger partial charge in [-0.1, -0.05) is 0 Å². The van der Waals surface area contributed by atoms with Crippen molar-refractivity contribution in [3.05, 3.63) is 22.2 Å². The van der Waals surface area contributed by atoms with Crippen molar-refractivity contribution in [3.63, 3.8) is 0 Å². The van der Waals surface area contributed by atoms with Gasteiger partial charge in [0.25, 0.3) is 5.92 Å². The molecule has 0 bridgehead atoms. The molecule has 0 radical (unpaired) electrons. The van der Waals surface area contributed by atoms with Crippen LogP contribution >= 0.6 is 15.9 Å². The molecule has 0 aliphatic carbocycles. The number of hydrogen-bond acceptors (Lipinski definition) is 3. The molecule has 0 unspecified atom stereocenters. The predicted octanol–water partition coefficient (Wildman–Crippen LogP) is 4.06. The lowest BCUT2D eigenvalue weighted by atomic mass is 9.84. The Hall–Kier alpha value is -1.37. The van der Waals surface area contributed by atoms with Crippen molar-refractivity contribution in [1.82, 2.24) is 0 Å². The Morgan fingerprint density at radius 2 is 1.76 bits per heavy atom. The Bertz CT molecular complexity index is 544. The molecule has 0 aliphatic rings. The third kappa shape index (κ3) is 3.84. The van der Waals surface area contributed by atoms with Gasteiger partial charge < -0.3 is 14.6 Å². The Morgan fingerprint density at radius 1 is 1.24 bits per heavy atom. The van der Waals surface area contributed by atoms with Crippen LogP contribution in [0.5, 0.6) is 11.5 Å². The second-order valence-corrected chi connectivity index (χ2v) is 6.11. The van der Waals surface area contributed by atoms with E-state index in [4.69, 9.17) is 14.6 Å². The summed E-state index contributed by atoms with van der Waals surface area (Å²) in [4.78, 5) is 11.1. The molecule has 1 rings (SSSR count). The first-order valence-corrected chi connectivity index (χ1v) is 6.87.